The normalized spacial score (nSPS) is 19.8. The lowest BCUT2D eigenvalue weighted by atomic mass is 9.77. The summed E-state index contributed by atoms with van der Waals surface area (Å²) < 4.78 is 7.90. The van der Waals surface area contributed by atoms with Gasteiger partial charge in [0.25, 0.3) is 0 Å². The van der Waals surface area contributed by atoms with Crippen LogP contribution in [0.25, 0.3) is 0 Å². The molecular formula is C31H32N2O2. The van der Waals surface area contributed by atoms with Gasteiger partial charge in [-0.3, -0.25) is 4.79 Å². The van der Waals surface area contributed by atoms with Crippen LogP contribution in [0.5, 0.6) is 0 Å². The van der Waals surface area contributed by atoms with E-state index < -0.39 is 11.1 Å². The maximum absolute atomic E-state index is 12.8. The van der Waals surface area contributed by atoms with E-state index in [1.165, 1.54) is 0 Å². The van der Waals surface area contributed by atoms with Gasteiger partial charge < -0.3 is 9.30 Å². The third-order valence-electron chi connectivity index (χ3n) is 6.96. The van der Waals surface area contributed by atoms with Gasteiger partial charge in [0.05, 0.1) is 17.9 Å². The first-order valence-corrected chi connectivity index (χ1v) is 12.3. The molecule has 178 valence electrons. The van der Waals surface area contributed by atoms with Crippen LogP contribution in [0.4, 0.5) is 0 Å². The summed E-state index contributed by atoms with van der Waals surface area (Å²) in [5, 5.41) is 0. The summed E-state index contributed by atoms with van der Waals surface area (Å²) in [5.41, 5.74) is 3.28. The van der Waals surface area contributed by atoms with Crippen LogP contribution in [0.2, 0.25) is 0 Å². The van der Waals surface area contributed by atoms with Crippen molar-refractivity contribution in [1.29, 1.82) is 0 Å². The molecule has 0 bridgehead atoms. The molecule has 4 heteroatoms. The molecule has 0 amide bonds. The molecule has 3 atom stereocenters. The number of hydrogen-bond acceptors (Lipinski definition) is 3. The number of benzene rings is 3. The first-order chi connectivity index (χ1) is 16.8. The number of rotatable bonds is 6. The molecule has 3 unspecified atom stereocenters. The molecule has 1 aliphatic rings. The van der Waals surface area contributed by atoms with Crippen LogP contribution < -0.4 is 0 Å². The van der Waals surface area contributed by atoms with Gasteiger partial charge >= 0.3 is 5.97 Å². The van der Waals surface area contributed by atoms with E-state index in [1.807, 2.05) is 45.3 Å². The predicted molar refractivity (Wildman–Crippen MR) is 138 cm³/mol. The lowest BCUT2D eigenvalue weighted by Crippen LogP contribution is -2.36. The number of aromatic nitrogens is 2. The molecule has 1 aliphatic carbocycles. The van der Waals surface area contributed by atoms with Crippen molar-refractivity contribution in [1.82, 2.24) is 9.55 Å². The number of carbonyl (C=O) groups is 1. The monoisotopic (exact) mass is 464 g/mol. The highest BCUT2D eigenvalue weighted by atomic mass is 16.6. The van der Waals surface area contributed by atoms with Crippen LogP contribution in [0.1, 0.15) is 56.0 Å². The van der Waals surface area contributed by atoms with Crippen molar-refractivity contribution in [2.45, 2.75) is 44.8 Å². The Morgan fingerprint density at radius 3 is 1.69 bits per heavy atom. The van der Waals surface area contributed by atoms with Gasteiger partial charge in [-0.1, -0.05) is 97.9 Å². The lowest BCUT2D eigenvalue weighted by Gasteiger charge is -2.37. The second-order valence-electron chi connectivity index (χ2n) is 10.5. The lowest BCUT2D eigenvalue weighted by molar-refractivity contribution is -0.156. The average molecular weight is 465 g/mol. The maximum atomic E-state index is 12.8. The number of carbonyl (C=O) groups excluding carboxylic acids is 1. The SMILES string of the molecule is CC1C(C(=O)OC(C)(C)C)C1c1cn(C(c2ccccc2)(c2ccccc2)c2ccccc2)cn1. The molecule has 0 spiro atoms. The Morgan fingerprint density at radius 1 is 0.800 bits per heavy atom. The van der Waals surface area contributed by atoms with E-state index in [0.29, 0.717) is 0 Å². The quantitative estimate of drug-likeness (QED) is 0.244. The van der Waals surface area contributed by atoms with Gasteiger partial charge in [0.15, 0.2) is 0 Å². The van der Waals surface area contributed by atoms with Crippen LogP contribution in [-0.4, -0.2) is 21.1 Å². The van der Waals surface area contributed by atoms with E-state index in [1.54, 1.807) is 0 Å². The summed E-state index contributed by atoms with van der Waals surface area (Å²) in [6, 6.07) is 31.6. The van der Waals surface area contributed by atoms with Gasteiger partial charge in [-0.05, 0) is 43.4 Å². The Kier molecular flexibility index (Phi) is 5.84. The number of ether oxygens (including phenoxy) is 1. The summed E-state index contributed by atoms with van der Waals surface area (Å²) >= 11 is 0. The second-order valence-corrected chi connectivity index (χ2v) is 10.5. The highest BCUT2D eigenvalue weighted by Gasteiger charge is 2.55. The van der Waals surface area contributed by atoms with Crippen LogP contribution in [0.15, 0.2) is 104 Å². The number of hydrogen-bond donors (Lipinski definition) is 0. The Balaban J connectivity index is 1.63. The third-order valence-corrected chi connectivity index (χ3v) is 6.96. The molecule has 3 aromatic carbocycles. The smallest absolute Gasteiger partial charge is 0.310 e. The minimum atomic E-state index is -0.603. The molecule has 0 N–H and O–H groups in total. The van der Waals surface area contributed by atoms with E-state index in [4.69, 9.17) is 9.72 Å². The van der Waals surface area contributed by atoms with Crippen LogP contribution in [0, 0.1) is 11.8 Å². The Bertz CT molecular complexity index is 1190. The van der Waals surface area contributed by atoms with Crippen molar-refractivity contribution in [2.75, 3.05) is 0 Å². The zero-order valence-electron chi connectivity index (χ0n) is 20.8. The van der Waals surface area contributed by atoms with E-state index in [2.05, 4.69) is 90.5 Å². The molecule has 0 aliphatic heterocycles. The van der Waals surface area contributed by atoms with E-state index in [-0.39, 0.29) is 23.7 Å². The molecular weight excluding hydrogens is 432 g/mol. The molecule has 1 heterocycles. The van der Waals surface area contributed by atoms with E-state index in [9.17, 15) is 4.79 Å². The first-order valence-electron chi connectivity index (χ1n) is 12.3. The zero-order valence-corrected chi connectivity index (χ0v) is 20.8. The summed E-state index contributed by atoms with van der Waals surface area (Å²) in [6.45, 7) is 7.85. The Morgan fingerprint density at radius 2 is 1.26 bits per heavy atom. The van der Waals surface area contributed by atoms with Gasteiger partial charge in [0, 0.05) is 12.1 Å². The Hall–Kier alpha value is -3.66. The summed E-state index contributed by atoms with van der Waals surface area (Å²) in [4.78, 5) is 17.7. The Labute approximate surface area is 207 Å². The maximum Gasteiger partial charge on any atom is 0.310 e. The summed E-state index contributed by atoms with van der Waals surface area (Å²) in [7, 11) is 0. The average Bonchev–Trinajstić information content (AvgIpc) is 3.29. The number of nitrogens with zero attached hydrogens (tertiary/aromatic N) is 2. The molecule has 0 saturated heterocycles. The number of imidazole rings is 1. The summed E-state index contributed by atoms with van der Waals surface area (Å²) in [5.74, 6) is -0.0268. The fourth-order valence-electron chi connectivity index (χ4n) is 5.33. The van der Waals surface area contributed by atoms with Gasteiger partial charge in [-0.25, -0.2) is 4.98 Å². The molecule has 1 fully saturated rings. The largest absolute Gasteiger partial charge is 0.460 e. The van der Waals surface area contributed by atoms with Gasteiger partial charge in [0.2, 0.25) is 0 Å². The fourth-order valence-corrected chi connectivity index (χ4v) is 5.33. The van der Waals surface area contributed by atoms with Crippen LogP contribution in [0.3, 0.4) is 0 Å². The third kappa shape index (κ3) is 4.18. The zero-order chi connectivity index (χ0) is 24.6. The molecule has 1 aromatic heterocycles. The van der Waals surface area contributed by atoms with Gasteiger partial charge in [-0.2, -0.15) is 0 Å². The molecule has 5 rings (SSSR count). The van der Waals surface area contributed by atoms with Gasteiger partial charge in [0.1, 0.15) is 11.1 Å². The number of esters is 1. The van der Waals surface area contributed by atoms with Crippen molar-refractivity contribution >= 4 is 5.97 Å². The minimum Gasteiger partial charge on any atom is -0.460 e. The van der Waals surface area contributed by atoms with Crippen LogP contribution in [-0.2, 0) is 15.1 Å². The van der Waals surface area contributed by atoms with Gasteiger partial charge in [-0.15, -0.1) is 0 Å². The highest BCUT2D eigenvalue weighted by Crippen LogP contribution is 2.54. The molecule has 4 aromatic rings. The molecule has 0 radical (unpaired) electrons. The molecule has 1 saturated carbocycles. The molecule has 35 heavy (non-hydrogen) atoms. The van der Waals surface area contributed by atoms with E-state index in [0.717, 1.165) is 22.4 Å². The van der Waals surface area contributed by atoms with E-state index >= 15 is 0 Å². The van der Waals surface area contributed by atoms with Crippen molar-refractivity contribution in [3.8, 4) is 0 Å². The van der Waals surface area contributed by atoms with Crippen molar-refractivity contribution in [3.05, 3.63) is 126 Å². The molecule has 4 nitrogen and oxygen atoms in total. The highest BCUT2D eigenvalue weighted by molar-refractivity contribution is 5.78. The predicted octanol–water partition coefficient (Wildman–Crippen LogP) is 6.41. The second kappa shape index (κ2) is 8.84. The first kappa shape index (κ1) is 23.1. The standard InChI is InChI=1S/C31H32N2O2/c1-22-27(28(22)29(34)35-30(2,3)4)26-20-33(21-32-26)31(23-14-8-5-9-15-23,24-16-10-6-11-17-24)25-18-12-7-13-19-25/h5-22,27-28H,1-4H3. The van der Waals surface area contributed by atoms with Crippen molar-refractivity contribution in [2.24, 2.45) is 11.8 Å². The minimum absolute atomic E-state index is 0.0612. The fraction of sp³-hybridized carbons (Fsp3) is 0.290. The topological polar surface area (TPSA) is 44.1 Å². The van der Waals surface area contributed by atoms with Crippen LogP contribution >= 0.6 is 0 Å². The van der Waals surface area contributed by atoms with Crippen molar-refractivity contribution in [3.63, 3.8) is 0 Å². The summed E-state index contributed by atoms with van der Waals surface area (Å²) in [6.07, 6.45) is 4.04. The van der Waals surface area contributed by atoms with Crippen molar-refractivity contribution < 1.29 is 9.53 Å².